The van der Waals surface area contributed by atoms with Crippen LogP contribution in [0.1, 0.15) is 78.6 Å². The van der Waals surface area contributed by atoms with Crippen molar-refractivity contribution >= 4 is 17.8 Å². The highest BCUT2D eigenvalue weighted by atomic mass is 16.5. The molecule has 1 atom stereocenters. The number of nitrogens with one attached hydrogen (secondary N) is 1. The zero-order valence-corrected chi connectivity index (χ0v) is 19.8. The van der Waals surface area contributed by atoms with E-state index in [0.29, 0.717) is 36.7 Å². The van der Waals surface area contributed by atoms with E-state index in [1.165, 1.54) is 0 Å². The molecule has 2 N–H and O–H groups in total. The Morgan fingerprint density at radius 1 is 1.09 bits per heavy atom. The molecule has 1 aliphatic carbocycles. The van der Waals surface area contributed by atoms with E-state index < -0.39 is 6.10 Å². The van der Waals surface area contributed by atoms with Crippen LogP contribution in [0.5, 0.6) is 0 Å². The number of aliphatic hydroxyl groups excluding tert-OH is 1. The van der Waals surface area contributed by atoms with Crippen molar-refractivity contribution in [2.24, 2.45) is 5.41 Å². The number of nitrogens with zero attached hydrogens (tertiary/aromatic N) is 1. The molecule has 1 saturated carbocycles. The molecule has 1 amide bonds. The lowest BCUT2D eigenvalue weighted by molar-refractivity contribution is -0.138. The summed E-state index contributed by atoms with van der Waals surface area (Å²) in [7, 11) is 0. The van der Waals surface area contributed by atoms with Crippen LogP contribution in [0.15, 0.2) is 23.4 Å². The Morgan fingerprint density at radius 2 is 1.82 bits per heavy atom. The fourth-order valence-corrected chi connectivity index (χ4v) is 5.97. The van der Waals surface area contributed by atoms with Gasteiger partial charge in [-0.15, -0.1) is 0 Å². The second-order valence-electron chi connectivity index (χ2n) is 10.0. The molecule has 1 aromatic rings. The summed E-state index contributed by atoms with van der Waals surface area (Å²) >= 11 is 0. The number of benzene rings is 1. The predicted octanol–water partition coefficient (Wildman–Crippen LogP) is 2.67. The maximum absolute atomic E-state index is 13.3. The van der Waals surface area contributed by atoms with Crippen molar-refractivity contribution in [3.05, 3.63) is 45.7 Å². The normalized spacial score (nSPS) is 27.4. The van der Waals surface area contributed by atoms with Crippen LogP contribution in [0.3, 0.4) is 0 Å². The number of carbonyl (C=O) groups excluding carboxylic acids is 3. The van der Waals surface area contributed by atoms with E-state index in [-0.39, 0.29) is 36.5 Å². The number of likely N-dealkylation sites (tertiary alicyclic amines) is 1. The third-order valence-electron chi connectivity index (χ3n) is 8.28. The van der Waals surface area contributed by atoms with Crippen LogP contribution in [-0.2, 0) is 25.7 Å². The van der Waals surface area contributed by atoms with Gasteiger partial charge in [0.25, 0.3) is 0 Å². The average Bonchev–Trinajstić information content (AvgIpc) is 3.47. The molecule has 1 aromatic carbocycles. The molecule has 4 aliphatic rings. The molecule has 5 rings (SSSR count). The van der Waals surface area contributed by atoms with Crippen molar-refractivity contribution in [3.63, 3.8) is 0 Å². The number of aliphatic hydroxyl groups is 1. The molecule has 1 saturated heterocycles. The van der Waals surface area contributed by atoms with Gasteiger partial charge >= 0.3 is 11.9 Å². The Morgan fingerprint density at radius 3 is 2.53 bits per heavy atom. The molecule has 182 valence electrons. The van der Waals surface area contributed by atoms with Crippen molar-refractivity contribution in [2.75, 3.05) is 19.7 Å². The average molecular weight is 469 g/mol. The molecular formula is C26H32N2O6. The van der Waals surface area contributed by atoms with Gasteiger partial charge in [0.05, 0.1) is 28.4 Å². The number of hydrogen-bond acceptors (Lipinski definition) is 7. The van der Waals surface area contributed by atoms with Crippen LogP contribution in [0.4, 0.5) is 0 Å². The van der Waals surface area contributed by atoms with Gasteiger partial charge in [-0.1, -0.05) is 6.07 Å². The third kappa shape index (κ3) is 3.82. The van der Waals surface area contributed by atoms with Gasteiger partial charge in [0.1, 0.15) is 13.2 Å². The van der Waals surface area contributed by atoms with E-state index in [1.807, 2.05) is 13.0 Å². The molecule has 0 radical (unpaired) electrons. The zero-order chi connectivity index (χ0) is 24.0. The fraction of sp³-hybridized carbons (Fsp3) is 0.577. The van der Waals surface area contributed by atoms with Crippen molar-refractivity contribution in [3.8, 4) is 0 Å². The maximum atomic E-state index is 13.3. The number of esters is 2. The van der Waals surface area contributed by atoms with E-state index >= 15 is 0 Å². The molecule has 3 heterocycles. The highest BCUT2D eigenvalue weighted by molar-refractivity contribution is 5.94. The minimum atomic E-state index is -0.610. The molecule has 2 fully saturated rings. The highest BCUT2D eigenvalue weighted by Gasteiger charge is 2.50. The number of hydrogen-bond donors (Lipinski definition) is 2. The first-order valence-electron chi connectivity index (χ1n) is 12.2. The first-order chi connectivity index (χ1) is 16.3. The lowest BCUT2D eigenvalue weighted by Crippen LogP contribution is -2.42. The van der Waals surface area contributed by atoms with Crippen LogP contribution < -0.4 is 5.32 Å². The van der Waals surface area contributed by atoms with Crippen LogP contribution >= 0.6 is 0 Å². The number of rotatable bonds is 6. The minimum absolute atomic E-state index is 0.142. The number of fused-ring (bicyclic) bond motifs is 1. The van der Waals surface area contributed by atoms with Gasteiger partial charge in [0.2, 0.25) is 5.91 Å². The predicted molar refractivity (Wildman–Crippen MR) is 123 cm³/mol. The fourth-order valence-electron chi connectivity index (χ4n) is 5.97. The first-order valence-corrected chi connectivity index (χ1v) is 12.2. The zero-order valence-electron chi connectivity index (χ0n) is 19.8. The summed E-state index contributed by atoms with van der Waals surface area (Å²) in [6.45, 7) is 5.47. The second-order valence-corrected chi connectivity index (χ2v) is 10.0. The summed E-state index contributed by atoms with van der Waals surface area (Å²) in [5.41, 5.74) is 4.22. The van der Waals surface area contributed by atoms with Gasteiger partial charge in [-0.2, -0.15) is 0 Å². The molecule has 3 aliphatic heterocycles. The second kappa shape index (κ2) is 8.82. The van der Waals surface area contributed by atoms with Gasteiger partial charge in [-0.25, -0.2) is 9.59 Å². The Labute approximate surface area is 199 Å². The Hall–Kier alpha value is -2.71. The van der Waals surface area contributed by atoms with Crippen LogP contribution in [-0.4, -0.2) is 53.6 Å². The number of ether oxygens (including phenoxy) is 2. The SMILES string of the molecule is CC1=C(N2CCC3(CCC(NCC[C@@H](O)c4ccc5c(c4C)COC5=O)CC3)C2=O)COC1=O. The summed E-state index contributed by atoms with van der Waals surface area (Å²) in [5, 5.41) is 14.3. The highest BCUT2D eigenvalue weighted by Crippen LogP contribution is 2.46. The van der Waals surface area contributed by atoms with Crippen LogP contribution in [0.25, 0.3) is 0 Å². The molecule has 0 bridgehead atoms. The van der Waals surface area contributed by atoms with E-state index in [4.69, 9.17) is 9.47 Å². The summed E-state index contributed by atoms with van der Waals surface area (Å²) in [6.07, 6.45) is 4.29. The quantitative estimate of drug-likeness (QED) is 0.619. The molecular weight excluding hydrogens is 436 g/mol. The van der Waals surface area contributed by atoms with Crippen molar-refractivity contribution < 1.29 is 29.0 Å². The minimum Gasteiger partial charge on any atom is -0.457 e. The number of amides is 1. The summed E-state index contributed by atoms with van der Waals surface area (Å²) < 4.78 is 10.2. The monoisotopic (exact) mass is 468 g/mol. The van der Waals surface area contributed by atoms with Crippen LogP contribution in [0.2, 0.25) is 0 Å². The Balaban J connectivity index is 1.12. The van der Waals surface area contributed by atoms with Crippen molar-refractivity contribution in [2.45, 2.75) is 71.1 Å². The largest absolute Gasteiger partial charge is 0.457 e. The smallest absolute Gasteiger partial charge is 0.338 e. The van der Waals surface area contributed by atoms with E-state index in [0.717, 1.165) is 54.5 Å². The van der Waals surface area contributed by atoms with Gasteiger partial charge in [0, 0.05) is 18.2 Å². The number of cyclic esters (lactones) is 2. The molecule has 8 heteroatoms. The lowest BCUT2D eigenvalue weighted by Gasteiger charge is -2.36. The van der Waals surface area contributed by atoms with Gasteiger partial charge < -0.3 is 24.8 Å². The lowest BCUT2D eigenvalue weighted by atomic mass is 9.71. The number of carbonyl (C=O) groups is 3. The molecule has 0 aromatic heterocycles. The van der Waals surface area contributed by atoms with Gasteiger partial charge in [0.15, 0.2) is 0 Å². The molecule has 1 spiro atoms. The van der Waals surface area contributed by atoms with E-state index in [2.05, 4.69) is 5.32 Å². The van der Waals surface area contributed by atoms with E-state index in [9.17, 15) is 19.5 Å². The Bertz CT molecular complexity index is 1070. The van der Waals surface area contributed by atoms with Crippen molar-refractivity contribution in [1.82, 2.24) is 10.2 Å². The maximum Gasteiger partial charge on any atom is 0.338 e. The topological polar surface area (TPSA) is 105 Å². The molecule has 0 unspecified atom stereocenters. The summed E-state index contributed by atoms with van der Waals surface area (Å²) in [6, 6.07) is 3.90. The standard InChI is InChI=1S/C26H32N2O6/c1-15-18(3-4-19-20(15)13-33-24(19)31)22(29)7-11-27-17-5-8-26(9-6-17)10-12-28(25(26)32)21-14-34-23(30)16(21)2/h3-4,17,22,27,29H,5-14H2,1-2H3/t17?,22-,26?/m1/s1. The van der Waals surface area contributed by atoms with E-state index in [1.54, 1.807) is 17.9 Å². The summed E-state index contributed by atoms with van der Waals surface area (Å²) in [5.74, 6) is -0.476. The Kier molecular flexibility index (Phi) is 5.98. The van der Waals surface area contributed by atoms with Crippen molar-refractivity contribution in [1.29, 1.82) is 0 Å². The molecule has 34 heavy (non-hydrogen) atoms. The van der Waals surface area contributed by atoms with Gasteiger partial charge in [-0.3, -0.25) is 4.79 Å². The molecule has 8 nitrogen and oxygen atoms in total. The van der Waals surface area contributed by atoms with Crippen LogP contribution in [0, 0.1) is 12.3 Å². The summed E-state index contributed by atoms with van der Waals surface area (Å²) in [4.78, 5) is 38.5. The van der Waals surface area contributed by atoms with Gasteiger partial charge in [-0.05, 0) is 76.1 Å². The third-order valence-corrected chi connectivity index (χ3v) is 8.28. The first kappa shape index (κ1) is 23.1.